The first-order valence-corrected chi connectivity index (χ1v) is 6.28. The van der Waals surface area contributed by atoms with Crippen LogP contribution in [0.5, 0.6) is 0 Å². The summed E-state index contributed by atoms with van der Waals surface area (Å²) < 4.78 is 41.4. The van der Waals surface area contributed by atoms with Gasteiger partial charge in [-0.15, -0.1) is 5.10 Å². The third kappa shape index (κ3) is 3.30. The first-order valence-electron chi connectivity index (χ1n) is 5.51. The van der Waals surface area contributed by atoms with Gasteiger partial charge in [0.15, 0.2) is 0 Å². The second-order valence-electron chi connectivity index (χ2n) is 4.14. The minimum atomic E-state index is -4.37. The molecule has 2 rings (SSSR count). The van der Waals surface area contributed by atoms with Crippen LogP contribution < -0.4 is 0 Å². The van der Waals surface area contributed by atoms with E-state index in [4.69, 9.17) is 0 Å². The summed E-state index contributed by atoms with van der Waals surface area (Å²) in [5.74, 6) is 0. The van der Waals surface area contributed by atoms with Gasteiger partial charge in [-0.05, 0) is 30.1 Å². The molecule has 1 aromatic heterocycles. The van der Waals surface area contributed by atoms with Gasteiger partial charge in [0.25, 0.3) is 0 Å². The minimum Gasteiger partial charge on any atom is -0.387 e. The molecule has 1 atom stereocenters. The molecule has 1 N–H and O–H groups in total. The van der Waals surface area contributed by atoms with Gasteiger partial charge in [0.1, 0.15) is 0 Å². The zero-order chi connectivity index (χ0) is 14.0. The normalized spacial score (nSPS) is 13.5. The number of hydrogen-bond donors (Lipinski definition) is 1. The Hall–Kier alpha value is -1.47. The number of halogens is 3. The Labute approximate surface area is 111 Å². The highest BCUT2D eigenvalue weighted by Crippen LogP contribution is 2.31. The van der Waals surface area contributed by atoms with Crippen LogP contribution >= 0.6 is 11.5 Å². The van der Waals surface area contributed by atoms with Crippen LogP contribution in [0, 0.1) is 6.92 Å². The second-order valence-corrected chi connectivity index (χ2v) is 4.93. The van der Waals surface area contributed by atoms with Crippen LogP contribution in [-0.2, 0) is 12.6 Å². The standard InChI is InChI=1S/C12H11F3N2OS/c1-7-11(19-17-16-7)10(18)6-8-3-2-4-9(5-8)12(13,14)15/h2-5,10,18H,6H2,1H3. The number of alkyl halides is 3. The molecule has 1 heterocycles. The number of nitrogens with zero attached hydrogens (tertiary/aromatic N) is 2. The van der Waals surface area contributed by atoms with Gasteiger partial charge in [-0.2, -0.15) is 13.2 Å². The Bertz CT molecular complexity index is 568. The average molecular weight is 288 g/mol. The highest BCUT2D eigenvalue weighted by atomic mass is 32.1. The van der Waals surface area contributed by atoms with Crippen LogP contribution in [0.15, 0.2) is 24.3 Å². The van der Waals surface area contributed by atoms with E-state index in [1.807, 2.05) is 0 Å². The summed E-state index contributed by atoms with van der Waals surface area (Å²) in [6.45, 7) is 1.70. The van der Waals surface area contributed by atoms with Crippen LogP contribution in [0.25, 0.3) is 0 Å². The SMILES string of the molecule is Cc1nnsc1C(O)Cc1cccc(C(F)(F)F)c1. The fraction of sp³-hybridized carbons (Fsp3) is 0.333. The first kappa shape index (κ1) is 14.0. The van der Waals surface area contributed by atoms with Gasteiger partial charge in [-0.3, -0.25) is 0 Å². The van der Waals surface area contributed by atoms with Gasteiger partial charge in [-0.1, -0.05) is 22.7 Å². The van der Waals surface area contributed by atoms with Crippen molar-refractivity contribution in [3.63, 3.8) is 0 Å². The highest BCUT2D eigenvalue weighted by Gasteiger charge is 2.30. The number of rotatable bonds is 3. The van der Waals surface area contributed by atoms with Crippen molar-refractivity contribution in [3.05, 3.63) is 46.0 Å². The molecule has 7 heteroatoms. The summed E-state index contributed by atoms with van der Waals surface area (Å²) in [5, 5.41) is 13.8. The van der Waals surface area contributed by atoms with Gasteiger partial charge in [-0.25, -0.2) is 0 Å². The zero-order valence-electron chi connectivity index (χ0n) is 9.98. The summed E-state index contributed by atoms with van der Waals surface area (Å²) in [4.78, 5) is 0.581. The van der Waals surface area contributed by atoms with E-state index in [9.17, 15) is 18.3 Å². The number of aliphatic hydroxyl groups excluding tert-OH is 1. The molecule has 102 valence electrons. The monoisotopic (exact) mass is 288 g/mol. The maximum atomic E-state index is 12.6. The summed E-state index contributed by atoms with van der Waals surface area (Å²) in [5.41, 5.74) is 0.316. The van der Waals surface area contributed by atoms with Crippen LogP contribution in [0.1, 0.15) is 27.8 Å². The molecular weight excluding hydrogens is 277 g/mol. The van der Waals surface area contributed by atoms with Crippen molar-refractivity contribution < 1.29 is 18.3 Å². The van der Waals surface area contributed by atoms with Gasteiger partial charge in [0.05, 0.1) is 22.2 Å². The third-order valence-electron chi connectivity index (χ3n) is 2.67. The predicted molar refractivity (Wildman–Crippen MR) is 64.8 cm³/mol. The molecule has 0 saturated carbocycles. The average Bonchev–Trinajstić information content (AvgIpc) is 2.75. The molecule has 0 fully saturated rings. The molecule has 0 amide bonds. The summed E-state index contributed by atoms with van der Waals surface area (Å²) in [6.07, 6.45) is -5.15. The van der Waals surface area contributed by atoms with E-state index in [2.05, 4.69) is 9.59 Å². The van der Waals surface area contributed by atoms with Crippen molar-refractivity contribution in [2.75, 3.05) is 0 Å². The van der Waals surface area contributed by atoms with Crippen molar-refractivity contribution in [2.45, 2.75) is 25.6 Å². The number of aromatic nitrogens is 2. The first-order chi connectivity index (χ1) is 8.88. The zero-order valence-corrected chi connectivity index (χ0v) is 10.8. The van der Waals surface area contributed by atoms with E-state index < -0.39 is 17.8 Å². The lowest BCUT2D eigenvalue weighted by Gasteiger charge is -2.11. The van der Waals surface area contributed by atoms with E-state index in [-0.39, 0.29) is 6.42 Å². The molecule has 0 aliphatic heterocycles. The lowest BCUT2D eigenvalue weighted by Crippen LogP contribution is -2.07. The van der Waals surface area contributed by atoms with E-state index in [0.29, 0.717) is 16.1 Å². The van der Waals surface area contributed by atoms with Crippen LogP contribution in [-0.4, -0.2) is 14.7 Å². The molecule has 0 spiro atoms. The third-order valence-corrected chi connectivity index (χ3v) is 3.60. The smallest absolute Gasteiger partial charge is 0.387 e. The Balaban J connectivity index is 2.18. The second kappa shape index (κ2) is 5.26. The van der Waals surface area contributed by atoms with Crippen molar-refractivity contribution in [1.82, 2.24) is 9.59 Å². The largest absolute Gasteiger partial charge is 0.416 e. The molecule has 19 heavy (non-hydrogen) atoms. The molecule has 3 nitrogen and oxygen atoms in total. The number of hydrogen-bond acceptors (Lipinski definition) is 4. The quantitative estimate of drug-likeness (QED) is 0.943. The summed E-state index contributed by atoms with van der Waals surface area (Å²) in [6, 6.07) is 4.95. The molecule has 2 aromatic rings. The lowest BCUT2D eigenvalue weighted by molar-refractivity contribution is -0.137. The lowest BCUT2D eigenvalue weighted by atomic mass is 10.0. The molecule has 0 aliphatic rings. The number of aryl methyl sites for hydroxylation is 1. The van der Waals surface area contributed by atoms with E-state index in [1.165, 1.54) is 6.07 Å². The maximum absolute atomic E-state index is 12.6. The molecule has 0 aliphatic carbocycles. The Morgan fingerprint density at radius 3 is 2.68 bits per heavy atom. The van der Waals surface area contributed by atoms with E-state index in [0.717, 1.165) is 23.7 Å². The molecule has 0 bridgehead atoms. The van der Waals surface area contributed by atoms with Gasteiger partial charge in [0, 0.05) is 6.42 Å². The Morgan fingerprint density at radius 2 is 2.11 bits per heavy atom. The molecule has 0 radical (unpaired) electrons. The molecule has 1 unspecified atom stereocenters. The number of benzene rings is 1. The van der Waals surface area contributed by atoms with Crippen molar-refractivity contribution in [1.29, 1.82) is 0 Å². The maximum Gasteiger partial charge on any atom is 0.416 e. The van der Waals surface area contributed by atoms with Gasteiger partial charge in [0.2, 0.25) is 0 Å². The summed E-state index contributed by atoms with van der Waals surface area (Å²) >= 11 is 1.05. The molecule has 1 aromatic carbocycles. The van der Waals surface area contributed by atoms with E-state index in [1.54, 1.807) is 13.0 Å². The molecular formula is C12H11F3N2OS. The fourth-order valence-corrected chi connectivity index (χ4v) is 2.36. The minimum absolute atomic E-state index is 0.106. The Morgan fingerprint density at radius 1 is 1.37 bits per heavy atom. The van der Waals surface area contributed by atoms with Crippen molar-refractivity contribution >= 4 is 11.5 Å². The van der Waals surface area contributed by atoms with E-state index >= 15 is 0 Å². The summed E-state index contributed by atoms with van der Waals surface area (Å²) in [7, 11) is 0. The van der Waals surface area contributed by atoms with Crippen LogP contribution in [0.3, 0.4) is 0 Å². The van der Waals surface area contributed by atoms with Gasteiger partial charge >= 0.3 is 6.18 Å². The number of aliphatic hydroxyl groups is 1. The Kier molecular flexibility index (Phi) is 3.86. The molecule has 0 saturated heterocycles. The van der Waals surface area contributed by atoms with Crippen molar-refractivity contribution in [3.8, 4) is 0 Å². The van der Waals surface area contributed by atoms with Crippen LogP contribution in [0.4, 0.5) is 13.2 Å². The van der Waals surface area contributed by atoms with Crippen molar-refractivity contribution in [2.24, 2.45) is 0 Å². The topological polar surface area (TPSA) is 46.0 Å². The predicted octanol–water partition coefficient (Wildman–Crippen LogP) is 3.14. The van der Waals surface area contributed by atoms with Crippen LogP contribution in [0.2, 0.25) is 0 Å². The fourth-order valence-electron chi connectivity index (χ4n) is 1.73. The van der Waals surface area contributed by atoms with Gasteiger partial charge < -0.3 is 5.11 Å². The highest BCUT2D eigenvalue weighted by molar-refractivity contribution is 7.05.